The summed E-state index contributed by atoms with van der Waals surface area (Å²) < 4.78 is 18.7. The molecule has 1 aromatic carbocycles. The molecule has 0 saturated carbocycles. The molecule has 6 heteroatoms. The van der Waals surface area contributed by atoms with Crippen LogP contribution in [-0.2, 0) is 6.54 Å². The van der Waals surface area contributed by atoms with Gasteiger partial charge in [0.05, 0.1) is 18.8 Å². The minimum Gasteiger partial charge on any atom is -0.467 e. The average molecular weight is 369 g/mol. The minimum absolute atomic E-state index is 0.0280. The van der Waals surface area contributed by atoms with E-state index in [0.717, 1.165) is 37.3 Å². The van der Waals surface area contributed by atoms with Crippen LogP contribution in [0, 0.1) is 11.7 Å². The van der Waals surface area contributed by atoms with Gasteiger partial charge in [-0.2, -0.15) is 0 Å². The lowest BCUT2D eigenvalue weighted by Gasteiger charge is -2.51. The summed E-state index contributed by atoms with van der Waals surface area (Å²) in [6.07, 6.45) is 3.92. The molecule has 4 saturated heterocycles. The second-order valence-electron chi connectivity index (χ2n) is 7.90. The monoisotopic (exact) mass is 369 g/mol. The first-order chi connectivity index (χ1) is 13.2. The molecule has 142 valence electrons. The van der Waals surface area contributed by atoms with Gasteiger partial charge in [-0.15, -0.1) is 0 Å². The van der Waals surface area contributed by atoms with Crippen molar-refractivity contribution in [3.8, 4) is 0 Å². The normalized spacial score (nSPS) is 31.7. The first kappa shape index (κ1) is 16.8. The summed E-state index contributed by atoms with van der Waals surface area (Å²) in [5.74, 6) is 1.32. The third-order valence-corrected chi connectivity index (χ3v) is 6.55. The Labute approximate surface area is 158 Å². The minimum atomic E-state index is -0.216. The molecule has 2 bridgehead atoms. The Balaban J connectivity index is 1.40. The van der Waals surface area contributed by atoms with Crippen molar-refractivity contribution in [1.82, 2.24) is 15.1 Å². The molecule has 1 N–H and O–H groups in total. The van der Waals surface area contributed by atoms with Crippen molar-refractivity contribution < 1.29 is 13.6 Å². The number of hydrogen-bond acceptors (Lipinski definition) is 3. The van der Waals surface area contributed by atoms with Gasteiger partial charge in [0.25, 0.3) is 0 Å². The number of carbonyl (C=O) groups excluding carboxylic acids is 1. The Hall–Kier alpha value is -2.34. The topological polar surface area (TPSA) is 48.7 Å². The molecule has 0 aliphatic carbocycles. The number of carbonyl (C=O) groups is 1. The van der Waals surface area contributed by atoms with Crippen LogP contribution in [-0.4, -0.2) is 47.5 Å². The van der Waals surface area contributed by atoms with Gasteiger partial charge in [0.15, 0.2) is 0 Å². The van der Waals surface area contributed by atoms with E-state index in [4.69, 9.17) is 4.42 Å². The molecule has 1 aromatic heterocycles. The van der Waals surface area contributed by atoms with Gasteiger partial charge in [0, 0.05) is 18.5 Å². The molecule has 2 aromatic rings. The SMILES string of the molecule is O=C(NCc1ccco1)N1C[C@H](c2ccc(F)cc2)[C@H]2[C@@H]1C1CCN2CC1. The Morgan fingerprint density at radius 1 is 1.15 bits per heavy atom. The third kappa shape index (κ3) is 2.92. The van der Waals surface area contributed by atoms with Gasteiger partial charge in [0.2, 0.25) is 0 Å². The summed E-state index contributed by atoms with van der Waals surface area (Å²) in [5.41, 5.74) is 1.13. The van der Waals surface area contributed by atoms with Crippen molar-refractivity contribution >= 4 is 6.03 Å². The van der Waals surface area contributed by atoms with Crippen molar-refractivity contribution in [1.29, 1.82) is 0 Å². The van der Waals surface area contributed by atoms with Crippen molar-refractivity contribution in [3.63, 3.8) is 0 Å². The Kier molecular flexibility index (Phi) is 4.16. The quantitative estimate of drug-likeness (QED) is 0.904. The van der Waals surface area contributed by atoms with E-state index in [1.54, 1.807) is 6.26 Å². The summed E-state index contributed by atoms with van der Waals surface area (Å²) in [6, 6.07) is 11.0. The molecule has 27 heavy (non-hydrogen) atoms. The molecule has 3 atom stereocenters. The van der Waals surface area contributed by atoms with E-state index < -0.39 is 0 Å². The van der Waals surface area contributed by atoms with Crippen molar-refractivity contribution in [2.45, 2.75) is 37.4 Å². The molecule has 4 aliphatic heterocycles. The summed E-state index contributed by atoms with van der Waals surface area (Å²) in [7, 11) is 0. The Morgan fingerprint density at radius 2 is 1.93 bits per heavy atom. The van der Waals surface area contributed by atoms with E-state index >= 15 is 0 Å². The van der Waals surface area contributed by atoms with E-state index in [2.05, 4.69) is 10.2 Å². The highest BCUT2D eigenvalue weighted by atomic mass is 19.1. The lowest BCUT2D eigenvalue weighted by molar-refractivity contribution is 0.00346. The lowest BCUT2D eigenvalue weighted by atomic mass is 9.75. The fourth-order valence-corrected chi connectivity index (χ4v) is 5.34. The lowest BCUT2D eigenvalue weighted by Crippen LogP contribution is -2.61. The van der Waals surface area contributed by atoms with Gasteiger partial charge in [-0.3, -0.25) is 4.90 Å². The zero-order chi connectivity index (χ0) is 18.4. The van der Waals surface area contributed by atoms with Crippen LogP contribution in [0.2, 0.25) is 0 Å². The van der Waals surface area contributed by atoms with Crippen LogP contribution in [0.3, 0.4) is 0 Å². The summed E-state index contributed by atoms with van der Waals surface area (Å²) in [5, 5.41) is 3.02. The van der Waals surface area contributed by atoms with E-state index in [0.29, 0.717) is 25.0 Å². The summed E-state index contributed by atoms with van der Waals surface area (Å²) in [6.45, 7) is 3.28. The van der Waals surface area contributed by atoms with Crippen LogP contribution in [0.25, 0.3) is 0 Å². The molecule has 0 spiro atoms. The Morgan fingerprint density at radius 3 is 2.63 bits per heavy atom. The number of fused-ring (bicyclic) bond motifs is 2. The van der Waals surface area contributed by atoms with Gasteiger partial charge in [-0.1, -0.05) is 12.1 Å². The number of likely N-dealkylation sites (tertiary alicyclic amines) is 1. The summed E-state index contributed by atoms with van der Waals surface area (Å²) >= 11 is 0. The third-order valence-electron chi connectivity index (χ3n) is 6.55. The number of benzene rings is 1. The van der Waals surface area contributed by atoms with Gasteiger partial charge in [0.1, 0.15) is 11.6 Å². The first-order valence-corrected chi connectivity index (χ1v) is 9.77. The zero-order valence-corrected chi connectivity index (χ0v) is 15.2. The highest BCUT2D eigenvalue weighted by Crippen LogP contribution is 2.46. The predicted octanol–water partition coefficient (Wildman–Crippen LogP) is 3.19. The van der Waals surface area contributed by atoms with Crippen LogP contribution >= 0.6 is 0 Å². The van der Waals surface area contributed by atoms with Gasteiger partial charge < -0.3 is 14.6 Å². The second kappa shape index (κ2) is 6.68. The smallest absolute Gasteiger partial charge is 0.318 e. The largest absolute Gasteiger partial charge is 0.467 e. The molecule has 6 rings (SSSR count). The molecular weight excluding hydrogens is 345 g/mol. The maximum absolute atomic E-state index is 13.4. The van der Waals surface area contributed by atoms with Crippen LogP contribution < -0.4 is 5.32 Å². The maximum Gasteiger partial charge on any atom is 0.318 e. The van der Waals surface area contributed by atoms with Gasteiger partial charge in [-0.05, 0) is 61.7 Å². The number of nitrogens with zero attached hydrogens (tertiary/aromatic N) is 2. The van der Waals surface area contributed by atoms with E-state index in [1.165, 1.54) is 12.1 Å². The first-order valence-electron chi connectivity index (χ1n) is 9.77. The van der Waals surface area contributed by atoms with Crippen LogP contribution in [0.1, 0.15) is 30.1 Å². The van der Waals surface area contributed by atoms with E-state index in [1.807, 2.05) is 29.2 Å². The molecular formula is C21H24FN3O2. The molecule has 2 amide bonds. The van der Waals surface area contributed by atoms with Crippen LogP contribution in [0.4, 0.5) is 9.18 Å². The van der Waals surface area contributed by atoms with Crippen molar-refractivity contribution in [3.05, 3.63) is 59.8 Å². The molecule has 0 radical (unpaired) electrons. The van der Waals surface area contributed by atoms with E-state index in [9.17, 15) is 9.18 Å². The van der Waals surface area contributed by atoms with Crippen molar-refractivity contribution in [2.24, 2.45) is 5.92 Å². The summed E-state index contributed by atoms with van der Waals surface area (Å²) in [4.78, 5) is 17.6. The number of rotatable bonds is 3. The highest BCUT2D eigenvalue weighted by Gasteiger charge is 2.54. The number of piperidine rings is 3. The van der Waals surface area contributed by atoms with Crippen molar-refractivity contribution in [2.75, 3.05) is 19.6 Å². The predicted molar refractivity (Wildman–Crippen MR) is 98.7 cm³/mol. The van der Waals surface area contributed by atoms with Gasteiger partial charge >= 0.3 is 6.03 Å². The number of halogens is 1. The average Bonchev–Trinajstić information content (AvgIpc) is 3.37. The Bertz CT molecular complexity index is 799. The second-order valence-corrected chi connectivity index (χ2v) is 7.90. The molecule has 5 nitrogen and oxygen atoms in total. The van der Waals surface area contributed by atoms with Crippen LogP contribution in [0.5, 0.6) is 0 Å². The number of furan rings is 1. The maximum atomic E-state index is 13.4. The standard InChI is InChI=1S/C21H24FN3O2/c22-16-5-3-14(4-6-16)18-13-25(21(26)23-12-17-2-1-11-27-17)19-15-7-9-24(10-8-15)20(18)19/h1-6,11,15,18-20H,7-10,12-13H2,(H,23,26)/t18-,19+,20+/m1/s1. The fourth-order valence-electron chi connectivity index (χ4n) is 5.34. The van der Waals surface area contributed by atoms with E-state index in [-0.39, 0.29) is 23.8 Å². The fraction of sp³-hybridized carbons (Fsp3) is 0.476. The number of hydrogen-bond donors (Lipinski definition) is 1. The molecule has 0 unspecified atom stereocenters. The zero-order valence-electron chi connectivity index (χ0n) is 15.2. The number of nitrogens with one attached hydrogen (secondary N) is 1. The van der Waals surface area contributed by atoms with Crippen LogP contribution in [0.15, 0.2) is 47.1 Å². The molecule has 4 aliphatic rings. The molecule has 5 heterocycles. The highest BCUT2D eigenvalue weighted by molar-refractivity contribution is 5.75. The number of amides is 2. The molecule has 4 fully saturated rings. The number of urea groups is 1. The van der Waals surface area contributed by atoms with Gasteiger partial charge in [-0.25, -0.2) is 9.18 Å².